The zero-order chi connectivity index (χ0) is 19.3. The van der Waals surface area contributed by atoms with Crippen molar-refractivity contribution in [2.45, 2.75) is 31.5 Å². The third kappa shape index (κ3) is 4.47. The summed E-state index contributed by atoms with van der Waals surface area (Å²) >= 11 is 6.33. The summed E-state index contributed by atoms with van der Waals surface area (Å²) in [6.45, 7) is 5.03. The zero-order valence-electron chi connectivity index (χ0n) is 16.3. The van der Waals surface area contributed by atoms with Crippen molar-refractivity contribution in [2.75, 3.05) is 53.1 Å². The number of hydrogen-bond acceptors (Lipinski definition) is 5. The van der Waals surface area contributed by atoms with Crippen molar-refractivity contribution in [1.29, 1.82) is 0 Å². The van der Waals surface area contributed by atoms with Crippen LogP contribution in [-0.2, 0) is 15.9 Å². The summed E-state index contributed by atoms with van der Waals surface area (Å²) in [4.78, 5) is 6.71. The number of nitrogens with one attached hydrogen (secondary N) is 1. The number of rotatable bonds is 4. The van der Waals surface area contributed by atoms with E-state index < -0.39 is 0 Å². The van der Waals surface area contributed by atoms with Crippen molar-refractivity contribution >= 4 is 17.6 Å². The first-order valence-electron chi connectivity index (χ1n) is 10.0. The highest BCUT2D eigenvalue weighted by molar-refractivity contribution is 6.32. The summed E-state index contributed by atoms with van der Waals surface area (Å²) in [7, 11) is 1.82. The molecular formula is C20H28ClN3O4. The largest absolute Gasteiger partial charge is 0.486 e. The zero-order valence-corrected chi connectivity index (χ0v) is 17.0. The van der Waals surface area contributed by atoms with Gasteiger partial charge in [-0.25, -0.2) is 0 Å². The molecule has 2 unspecified atom stereocenters. The first kappa shape index (κ1) is 19.6. The molecule has 0 amide bonds. The molecular weight excluding hydrogens is 382 g/mol. The lowest BCUT2D eigenvalue weighted by Gasteiger charge is -2.37. The number of guanidine groups is 1. The van der Waals surface area contributed by atoms with Gasteiger partial charge in [-0.3, -0.25) is 4.99 Å². The second kappa shape index (κ2) is 9.20. The average Bonchev–Trinajstić information content (AvgIpc) is 3.26. The molecule has 1 aromatic rings. The van der Waals surface area contributed by atoms with Crippen LogP contribution in [0, 0.1) is 0 Å². The summed E-state index contributed by atoms with van der Waals surface area (Å²) in [6.07, 6.45) is 3.34. The van der Waals surface area contributed by atoms with Gasteiger partial charge in [0.15, 0.2) is 17.5 Å². The van der Waals surface area contributed by atoms with Gasteiger partial charge in [-0.15, -0.1) is 0 Å². The molecule has 0 bridgehead atoms. The van der Waals surface area contributed by atoms with Crippen LogP contribution in [0.5, 0.6) is 11.5 Å². The van der Waals surface area contributed by atoms with Gasteiger partial charge in [-0.1, -0.05) is 11.6 Å². The highest BCUT2D eigenvalue weighted by Crippen LogP contribution is 2.38. The van der Waals surface area contributed by atoms with Crippen LogP contribution >= 0.6 is 11.6 Å². The van der Waals surface area contributed by atoms with Crippen molar-refractivity contribution in [3.05, 3.63) is 22.7 Å². The maximum Gasteiger partial charge on any atom is 0.193 e. The first-order valence-corrected chi connectivity index (χ1v) is 10.4. The molecule has 0 aromatic heterocycles. The fourth-order valence-electron chi connectivity index (χ4n) is 3.95. The molecule has 154 valence electrons. The SMILES string of the molecule is CN=C(NCCc1cc(Cl)c2c(c1)OCCO2)N1CCOC(C2CCCO2)C1. The van der Waals surface area contributed by atoms with E-state index in [1.54, 1.807) is 0 Å². The summed E-state index contributed by atoms with van der Waals surface area (Å²) in [5.41, 5.74) is 1.11. The lowest BCUT2D eigenvalue weighted by atomic mass is 10.1. The predicted molar refractivity (Wildman–Crippen MR) is 108 cm³/mol. The summed E-state index contributed by atoms with van der Waals surface area (Å²) in [6, 6.07) is 3.95. The second-order valence-electron chi connectivity index (χ2n) is 7.23. The Morgan fingerprint density at radius 2 is 2.04 bits per heavy atom. The van der Waals surface area contributed by atoms with E-state index in [-0.39, 0.29) is 12.2 Å². The molecule has 3 aliphatic rings. The van der Waals surface area contributed by atoms with Gasteiger partial charge in [0.05, 0.1) is 17.7 Å². The van der Waals surface area contributed by atoms with Crippen molar-refractivity contribution < 1.29 is 18.9 Å². The van der Waals surface area contributed by atoms with E-state index in [1.165, 1.54) is 0 Å². The third-order valence-electron chi connectivity index (χ3n) is 5.34. The average molecular weight is 410 g/mol. The number of benzene rings is 1. The molecule has 1 N–H and O–H groups in total. The van der Waals surface area contributed by atoms with Gasteiger partial charge >= 0.3 is 0 Å². The fourth-order valence-corrected chi connectivity index (χ4v) is 4.24. The molecule has 2 saturated heterocycles. The Kier molecular flexibility index (Phi) is 6.44. The number of halogens is 1. The van der Waals surface area contributed by atoms with E-state index in [4.69, 9.17) is 30.5 Å². The molecule has 2 atom stereocenters. The normalized spacial score (nSPS) is 25.1. The molecule has 3 aliphatic heterocycles. The first-order chi connectivity index (χ1) is 13.7. The molecule has 8 heteroatoms. The van der Waals surface area contributed by atoms with Crippen LogP contribution in [0.25, 0.3) is 0 Å². The van der Waals surface area contributed by atoms with Crippen LogP contribution in [0.2, 0.25) is 5.02 Å². The Morgan fingerprint density at radius 3 is 2.86 bits per heavy atom. The molecule has 3 heterocycles. The number of ether oxygens (including phenoxy) is 4. The van der Waals surface area contributed by atoms with Crippen LogP contribution < -0.4 is 14.8 Å². The predicted octanol–water partition coefficient (Wildman–Crippen LogP) is 2.11. The number of morpholine rings is 1. The standard InChI is InChI=1S/C20H28ClN3O4/c1-22-20(24-6-8-26-18(13-24)16-3-2-7-25-16)23-5-4-14-11-15(21)19-17(12-14)27-9-10-28-19/h11-12,16,18H,2-10,13H2,1H3,(H,22,23). The Labute approximate surface area is 170 Å². The van der Waals surface area contributed by atoms with Gasteiger partial charge in [0.2, 0.25) is 0 Å². The second-order valence-corrected chi connectivity index (χ2v) is 7.64. The minimum Gasteiger partial charge on any atom is -0.486 e. The summed E-state index contributed by atoms with van der Waals surface area (Å²) in [5, 5.41) is 4.06. The van der Waals surface area contributed by atoms with Crippen LogP contribution in [0.4, 0.5) is 0 Å². The number of hydrogen-bond donors (Lipinski definition) is 1. The molecule has 28 heavy (non-hydrogen) atoms. The summed E-state index contributed by atoms with van der Waals surface area (Å²) in [5.74, 6) is 2.27. The van der Waals surface area contributed by atoms with E-state index in [2.05, 4.69) is 15.2 Å². The van der Waals surface area contributed by atoms with Crippen LogP contribution in [-0.4, -0.2) is 76.2 Å². The Balaban J connectivity index is 1.31. The van der Waals surface area contributed by atoms with Gasteiger partial charge < -0.3 is 29.2 Å². The van der Waals surface area contributed by atoms with E-state index in [0.29, 0.717) is 30.6 Å². The monoisotopic (exact) mass is 409 g/mol. The van der Waals surface area contributed by atoms with Gasteiger partial charge in [0.25, 0.3) is 0 Å². The van der Waals surface area contributed by atoms with Crippen LogP contribution in [0.1, 0.15) is 18.4 Å². The Hall–Kier alpha value is -1.70. The van der Waals surface area contributed by atoms with Gasteiger partial charge in [0.1, 0.15) is 19.3 Å². The molecule has 4 rings (SSSR count). The summed E-state index contributed by atoms with van der Waals surface area (Å²) < 4.78 is 23.0. The minimum absolute atomic E-state index is 0.117. The van der Waals surface area contributed by atoms with Crippen molar-refractivity contribution in [3.8, 4) is 11.5 Å². The fraction of sp³-hybridized carbons (Fsp3) is 0.650. The molecule has 0 radical (unpaired) electrons. The lowest BCUT2D eigenvalue weighted by Crippen LogP contribution is -2.53. The maximum absolute atomic E-state index is 6.33. The quantitative estimate of drug-likeness (QED) is 0.607. The molecule has 2 fully saturated rings. The van der Waals surface area contributed by atoms with E-state index in [1.807, 2.05) is 19.2 Å². The molecule has 0 saturated carbocycles. The Morgan fingerprint density at radius 1 is 1.18 bits per heavy atom. The lowest BCUT2D eigenvalue weighted by molar-refractivity contribution is -0.0816. The van der Waals surface area contributed by atoms with Gasteiger partial charge in [0, 0.05) is 33.3 Å². The van der Waals surface area contributed by atoms with Crippen LogP contribution in [0.3, 0.4) is 0 Å². The van der Waals surface area contributed by atoms with Crippen molar-refractivity contribution in [2.24, 2.45) is 4.99 Å². The smallest absolute Gasteiger partial charge is 0.193 e. The van der Waals surface area contributed by atoms with Crippen molar-refractivity contribution in [3.63, 3.8) is 0 Å². The van der Waals surface area contributed by atoms with Gasteiger partial charge in [-0.05, 0) is 37.0 Å². The highest BCUT2D eigenvalue weighted by atomic mass is 35.5. The third-order valence-corrected chi connectivity index (χ3v) is 5.62. The topological polar surface area (TPSA) is 64.6 Å². The van der Waals surface area contributed by atoms with E-state index >= 15 is 0 Å². The molecule has 7 nitrogen and oxygen atoms in total. The van der Waals surface area contributed by atoms with E-state index in [0.717, 1.165) is 62.8 Å². The Bertz CT molecular complexity index is 709. The van der Waals surface area contributed by atoms with Crippen molar-refractivity contribution in [1.82, 2.24) is 10.2 Å². The molecule has 1 aromatic carbocycles. The van der Waals surface area contributed by atoms with E-state index in [9.17, 15) is 0 Å². The number of aliphatic imine (C=N–C) groups is 1. The van der Waals surface area contributed by atoms with Gasteiger partial charge in [-0.2, -0.15) is 0 Å². The maximum atomic E-state index is 6.33. The highest BCUT2D eigenvalue weighted by Gasteiger charge is 2.32. The molecule has 0 aliphatic carbocycles. The number of fused-ring (bicyclic) bond motifs is 1. The molecule has 0 spiro atoms. The van der Waals surface area contributed by atoms with Crippen LogP contribution in [0.15, 0.2) is 17.1 Å². The number of nitrogens with zero attached hydrogens (tertiary/aromatic N) is 2. The minimum atomic E-state index is 0.117.